The van der Waals surface area contributed by atoms with Gasteiger partial charge < -0.3 is 5.11 Å². The van der Waals surface area contributed by atoms with Crippen LogP contribution in [0, 0.1) is 3.57 Å². The predicted molar refractivity (Wildman–Crippen MR) is 92.4 cm³/mol. The van der Waals surface area contributed by atoms with E-state index in [1.807, 2.05) is 0 Å². The summed E-state index contributed by atoms with van der Waals surface area (Å²) < 4.78 is 28.2. The van der Waals surface area contributed by atoms with Gasteiger partial charge in [0.1, 0.15) is 4.90 Å². The Hall–Kier alpha value is -0.540. The molecule has 0 aliphatic heterocycles. The molecule has 0 saturated carbocycles. The third-order valence-electron chi connectivity index (χ3n) is 2.64. The molecule has 0 radical (unpaired) electrons. The summed E-state index contributed by atoms with van der Waals surface area (Å²) in [5.74, 6) is 0. The minimum Gasteiger partial charge on any atom is -0.392 e. The summed E-state index contributed by atoms with van der Waals surface area (Å²) in [6.45, 7) is -0.397. The van der Waals surface area contributed by atoms with Gasteiger partial charge in [0.15, 0.2) is 0 Å². The number of hydrogen-bond donors (Lipinski definition) is 2. The van der Waals surface area contributed by atoms with Crippen LogP contribution in [-0.2, 0) is 16.6 Å². The van der Waals surface area contributed by atoms with Crippen LogP contribution in [0.1, 0.15) is 5.56 Å². The average Bonchev–Trinajstić information content (AvgIpc) is 2.43. The summed E-state index contributed by atoms with van der Waals surface area (Å²) in [5, 5.41) is 9.34. The summed E-state index contributed by atoms with van der Waals surface area (Å²) in [5.41, 5.74) is 0.671. The van der Waals surface area contributed by atoms with Gasteiger partial charge in [0.2, 0.25) is 0 Å². The number of aliphatic hydroxyl groups excluding tert-OH is 1. The zero-order valence-corrected chi connectivity index (χ0v) is 15.0. The normalized spacial score (nSPS) is 11.4. The lowest BCUT2D eigenvalue weighted by atomic mass is 10.2. The van der Waals surface area contributed by atoms with E-state index in [0.29, 0.717) is 5.69 Å². The van der Waals surface area contributed by atoms with E-state index in [-0.39, 0.29) is 20.5 Å². The molecule has 2 N–H and O–H groups in total. The monoisotopic (exact) mass is 457 g/mol. The number of hydrogen-bond acceptors (Lipinski definition) is 3. The molecule has 0 atom stereocenters. The number of sulfonamides is 1. The highest BCUT2D eigenvalue weighted by Crippen LogP contribution is 2.30. The van der Waals surface area contributed by atoms with Crippen molar-refractivity contribution in [2.45, 2.75) is 11.5 Å². The minimum atomic E-state index is -3.89. The summed E-state index contributed by atoms with van der Waals surface area (Å²) in [7, 11) is -3.89. The highest BCUT2D eigenvalue weighted by molar-refractivity contribution is 14.1. The van der Waals surface area contributed by atoms with Crippen molar-refractivity contribution in [3.05, 3.63) is 55.6 Å². The zero-order chi connectivity index (χ0) is 15.6. The first-order valence-corrected chi connectivity index (χ1v) is 9.02. The van der Waals surface area contributed by atoms with Crippen molar-refractivity contribution >= 4 is 61.5 Å². The molecule has 2 aromatic carbocycles. The van der Waals surface area contributed by atoms with E-state index in [1.165, 1.54) is 12.1 Å². The van der Waals surface area contributed by atoms with Crippen LogP contribution in [0.3, 0.4) is 0 Å². The molecule has 0 bridgehead atoms. The fourth-order valence-corrected chi connectivity index (χ4v) is 4.00. The SMILES string of the molecule is O=S(=O)(Nc1ccc(I)cc1)c1cc(Cl)cc(CO)c1Cl. The standard InChI is InChI=1S/C13H10Cl2INO3S/c14-9-5-8(7-18)13(15)12(6-9)21(19,20)17-11-3-1-10(16)2-4-11/h1-6,17-18H,7H2. The number of aliphatic hydroxyl groups is 1. The summed E-state index contributed by atoms with van der Waals surface area (Å²) in [4.78, 5) is -0.167. The molecular formula is C13H10Cl2INO3S. The Morgan fingerprint density at radius 1 is 1.14 bits per heavy atom. The number of rotatable bonds is 4. The lowest BCUT2D eigenvalue weighted by molar-refractivity contribution is 0.281. The van der Waals surface area contributed by atoms with Crippen LogP contribution < -0.4 is 4.72 Å². The fourth-order valence-electron chi connectivity index (χ4n) is 1.66. The number of halogens is 3. The van der Waals surface area contributed by atoms with Crippen LogP contribution in [0.4, 0.5) is 5.69 Å². The molecule has 2 aromatic rings. The van der Waals surface area contributed by atoms with Crippen molar-refractivity contribution in [2.24, 2.45) is 0 Å². The van der Waals surface area contributed by atoms with Crippen molar-refractivity contribution in [1.82, 2.24) is 0 Å². The number of nitrogens with one attached hydrogen (secondary N) is 1. The molecule has 0 saturated heterocycles. The smallest absolute Gasteiger partial charge is 0.263 e. The van der Waals surface area contributed by atoms with Crippen LogP contribution in [0.2, 0.25) is 10.0 Å². The lowest BCUT2D eigenvalue weighted by Crippen LogP contribution is -2.14. The molecule has 21 heavy (non-hydrogen) atoms. The second-order valence-electron chi connectivity index (χ2n) is 4.15. The van der Waals surface area contributed by atoms with E-state index in [9.17, 15) is 13.5 Å². The van der Waals surface area contributed by atoms with Gasteiger partial charge in [-0.05, 0) is 64.6 Å². The first-order valence-electron chi connectivity index (χ1n) is 5.70. The van der Waals surface area contributed by atoms with Crippen LogP contribution in [0.5, 0.6) is 0 Å². The predicted octanol–water partition coefficient (Wildman–Crippen LogP) is 3.89. The van der Waals surface area contributed by atoms with Crippen LogP contribution in [0.25, 0.3) is 0 Å². The van der Waals surface area contributed by atoms with Gasteiger partial charge in [-0.25, -0.2) is 8.42 Å². The number of benzene rings is 2. The van der Waals surface area contributed by atoms with Crippen molar-refractivity contribution in [3.8, 4) is 0 Å². The molecule has 0 aliphatic rings. The third kappa shape index (κ3) is 4.01. The molecule has 2 rings (SSSR count). The molecule has 0 aromatic heterocycles. The molecule has 0 spiro atoms. The summed E-state index contributed by atoms with van der Waals surface area (Å²) in [6.07, 6.45) is 0. The van der Waals surface area contributed by atoms with E-state index in [2.05, 4.69) is 27.3 Å². The van der Waals surface area contributed by atoms with Gasteiger partial charge in [-0.15, -0.1) is 0 Å². The van der Waals surface area contributed by atoms with Crippen LogP contribution in [0.15, 0.2) is 41.3 Å². The molecule has 0 amide bonds. The Morgan fingerprint density at radius 3 is 2.33 bits per heavy atom. The van der Waals surface area contributed by atoms with E-state index < -0.39 is 16.6 Å². The third-order valence-corrected chi connectivity index (χ3v) is 5.54. The average molecular weight is 458 g/mol. The van der Waals surface area contributed by atoms with Crippen molar-refractivity contribution in [3.63, 3.8) is 0 Å². The van der Waals surface area contributed by atoms with Gasteiger partial charge >= 0.3 is 0 Å². The Morgan fingerprint density at radius 2 is 1.76 bits per heavy atom. The van der Waals surface area contributed by atoms with Crippen molar-refractivity contribution in [2.75, 3.05) is 4.72 Å². The molecular weight excluding hydrogens is 448 g/mol. The Bertz CT molecular complexity index is 764. The largest absolute Gasteiger partial charge is 0.392 e. The lowest BCUT2D eigenvalue weighted by Gasteiger charge is -2.12. The summed E-state index contributed by atoms with van der Waals surface area (Å²) in [6, 6.07) is 9.51. The van der Waals surface area contributed by atoms with E-state index in [0.717, 1.165) is 3.57 Å². The Labute approximate surface area is 146 Å². The van der Waals surface area contributed by atoms with E-state index in [4.69, 9.17) is 23.2 Å². The minimum absolute atomic E-state index is 0.0417. The van der Waals surface area contributed by atoms with Gasteiger partial charge in [-0.3, -0.25) is 4.72 Å². The maximum Gasteiger partial charge on any atom is 0.263 e. The van der Waals surface area contributed by atoms with Gasteiger partial charge in [-0.1, -0.05) is 23.2 Å². The molecule has 0 aliphatic carbocycles. The molecule has 8 heteroatoms. The fraction of sp³-hybridized carbons (Fsp3) is 0.0769. The molecule has 0 fully saturated rings. The maximum absolute atomic E-state index is 12.4. The Balaban J connectivity index is 2.44. The second kappa shape index (κ2) is 6.70. The highest BCUT2D eigenvalue weighted by atomic mass is 127. The molecule has 4 nitrogen and oxygen atoms in total. The zero-order valence-electron chi connectivity index (χ0n) is 10.5. The topological polar surface area (TPSA) is 66.4 Å². The number of anilines is 1. The van der Waals surface area contributed by atoms with Crippen LogP contribution >= 0.6 is 45.8 Å². The van der Waals surface area contributed by atoms with Gasteiger partial charge in [0.25, 0.3) is 10.0 Å². The Kier molecular flexibility index (Phi) is 5.37. The van der Waals surface area contributed by atoms with Gasteiger partial charge in [0, 0.05) is 14.3 Å². The molecule has 0 unspecified atom stereocenters. The highest BCUT2D eigenvalue weighted by Gasteiger charge is 2.21. The van der Waals surface area contributed by atoms with Gasteiger partial charge in [0.05, 0.1) is 11.6 Å². The molecule has 0 heterocycles. The quantitative estimate of drug-likeness (QED) is 0.684. The van der Waals surface area contributed by atoms with Crippen molar-refractivity contribution < 1.29 is 13.5 Å². The maximum atomic E-state index is 12.4. The first kappa shape index (κ1) is 16.8. The van der Waals surface area contributed by atoms with E-state index >= 15 is 0 Å². The van der Waals surface area contributed by atoms with Crippen molar-refractivity contribution in [1.29, 1.82) is 0 Å². The first-order chi connectivity index (χ1) is 9.83. The summed E-state index contributed by atoms with van der Waals surface area (Å²) >= 11 is 14.0. The second-order valence-corrected chi connectivity index (χ2v) is 7.86. The molecule has 112 valence electrons. The van der Waals surface area contributed by atoms with Gasteiger partial charge in [-0.2, -0.15) is 0 Å². The van der Waals surface area contributed by atoms with Crippen LogP contribution in [-0.4, -0.2) is 13.5 Å². The van der Waals surface area contributed by atoms with E-state index in [1.54, 1.807) is 24.3 Å².